The summed E-state index contributed by atoms with van der Waals surface area (Å²) in [4.78, 5) is 15.7. The molecule has 0 aliphatic rings. The highest BCUT2D eigenvalue weighted by molar-refractivity contribution is 5.98. The van der Waals surface area contributed by atoms with E-state index in [2.05, 4.69) is 11.6 Å². The molecule has 1 heterocycles. The van der Waals surface area contributed by atoms with Crippen molar-refractivity contribution in [2.45, 2.75) is 13.3 Å². The lowest BCUT2D eigenvalue weighted by molar-refractivity contribution is -0.114. The van der Waals surface area contributed by atoms with E-state index in [1.165, 1.54) is 0 Å². The first kappa shape index (κ1) is 10.4. The number of aromatic nitrogens is 1. The number of rotatable bonds is 4. The molecule has 0 aliphatic heterocycles. The number of allylic oxidation sites excluding steroid dienone is 3. The molecule has 0 saturated heterocycles. The Bertz CT molecular complexity index is 352. The molecule has 0 bridgehead atoms. The van der Waals surface area contributed by atoms with Gasteiger partial charge in [-0.25, -0.2) is 0 Å². The van der Waals surface area contributed by atoms with Gasteiger partial charge < -0.3 is 0 Å². The van der Waals surface area contributed by atoms with Crippen molar-refractivity contribution < 1.29 is 4.79 Å². The summed E-state index contributed by atoms with van der Waals surface area (Å²) in [6.07, 6.45) is 5.36. The Morgan fingerprint density at radius 3 is 2.86 bits per heavy atom. The van der Waals surface area contributed by atoms with Crippen molar-refractivity contribution in [2.24, 2.45) is 0 Å². The van der Waals surface area contributed by atoms with Crippen LogP contribution in [-0.4, -0.2) is 10.8 Å². The van der Waals surface area contributed by atoms with Crippen molar-refractivity contribution in [1.82, 2.24) is 4.98 Å². The fraction of sp³-hybridized carbons (Fsp3) is 0.167. The highest BCUT2D eigenvalue weighted by Crippen LogP contribution is 2.03. The fourth-order valence-electron chi connectivity index (χ4n) is 1.16. The molecule has 1 aromatic rings. The molecule has 1 rings (SSSR count). The predicted octanol–water partition coefficient (Wildman–Crippen LogP) is 2.33. The molecule has 0 fully saturated rings. The molecule has 0 aromatic carbocycles. The molecule has 1 aromatic heterocycles. The Morgan fingerprint density at radius 1 is 1.57 bits per heavy atom. The summed E-state index contributed by atoms with van der Waals surface area (Å²) >= 11 is 0. The molecule has 0 unspecified atom stereocenters. The van der Waals surface area contributed by atoms with Crippen LogP contribution in [0.2, 0.25) is 0 Å². The molecular formula is C12H13NO. The lowest BCUT2D eigenvalue weighted by Gasteiger charge is -1.99. The first-order chi connectivity index (χ1) is 6.77. The van der Waals surface area contributed by atoms with Gasteiger partial charge in [0, 0.05) is 17.5 Å². The normalized spacial score (nSPS) is 11.1. The van der Waals surface area contributed by atoms with Crippen molar-refractivity contribution in [3.05, 3.63) is 54.4 Å². The van der Waals surface area contributed by atoms with E-state index >= 15 is 0 Å². The number of hydrogen-bond donors (Lipinski definition) is 0. The predicted molar refractivity (Wildman–Crippen MR) is 56.9 cm³/mol. The second kappa shape index (κ2) is 5.12. The summed E-state index contributed by atoms with van der Waals surface area (Å²) in [7, 11) is 0. The third kappa shape index (κ3) is 2.66. The van der Waals surface area contributed by atoms with Crippen LogP contribution in [0.1, 0.15) is 12.6 Å². The molecule has 2 heteroatoms. The average molecular weight is 187 g/mol. The summed E-state index contributed by atoms with van der Waals surface area (Å²) < 4.78 is 0. The van der Waals surface area contributed by atoms with E-state index in [0.717, 1.165) is 5.69 Å². The number of carbonyl (C=O) groups excluding carboxylic acids is 1. The van der Waals surface area contributed by atoms with Crippen LogP contribution in [0.5, 0.6) is 0 Å². The zero-order valence-electron chi connectivity index (χ0n) is 8.23. The van der Waals surface area contributed by atoms with Crippen LogP contribution < -0.4 is 0 Å². The third-order valence-corrected chi connectivity index (χ3v) is 1.92. The van der Waals surface area contributed by atoms with E-state index in [-0.39, 0.29) is 5.78 Å². The molecule has 0 N–H and O–H groups in total. The van der Waals surface area contributed by atoms with Crippen LogP contribution in [0.15, 0.2) is 48.7 Å². The van der Waals surface area contributed by atoms with Gasteiger partial charge in [0.2, 0.25) is 0 Å². The van der Waals surface area contributed by atoms with Gasteiger partial charge in [0.15, 0.2) is 5.78 Å². The third-order valence-electron chi connectivity index (χ3n) is 1.92. The van der Waals surface area contributed by atoms with E-state index in [0.29, 0.717) is 12.0 Å². The monoisotopic (exact) mass is 187 g/mol. The van der Waals surface area contributed by atoms with Gasteiger partial charge >= 0.3 is 0 Å². The molecule has 0 spiro atoms. The fourth-order valence-corrected chi connectivity index (χ4v) is 1.16. The van der Waals surface area contributed by atoms with E-state index in [1.54, 1.807) is 18.3 Å². The van der Waals surface area contributed by atoms with Gasteiger partial charge in [-0.2, -0.15) is 0 Å². The molecule has 72 valence electrons. The lowest BCUT2D eigenvalue weighted by Crippen LogP contribution is -2.05. The number of carbonyl (C=O) groups is 1. The lowest BCUT2D eigenvalue weighted by atomic mass is 10.1. The number of hydrogen-bond acceptors (Lipinski definition) is 2. The smallest absolute Gasteiger partial charge is 0.168 e. The summed E-state index contributed by atoms with van der Waals surface area (Å²) in [5, 5.41) is 0. The molecule has 0 amide bonds. The van der Waals surface area contributed by atoms with Gasteiger partial charge in [-0.1, -0.05) is 24.8 Å². The van der Waals surface area contributed by atoms with Crippen LogP contribution in [0, 0.1) is 0 Å². The number of Topliss-reactive ketones (excluding diaryl/α,β-unsaturated/α-hetero) is 1. The SMILES string of the molecule is C=C/C(=C\C)C(=O)Cc1ccccn1. The topological polar surface area (TPSA) is 30.0 Å². The largest absolute Gasteiger partial charge is 0.294 e. The van der Waals surface area contributed by atoms with Gasteiger partial charge in [-0.05, 0) is 19.1 Å². The van der Waals surface area contributed by atoms with Crippen molar-refractivity contribution in [3.63, 3.8) is 0 Å². The Kier molecular flexibility index (Phi) is 3.80. The molecular weight excluding hydrogens is 174 g/mol. The minimum Gasteiger partial charge on any atom is -0.294 e. The maximum absolute atomic E-state index is 11.6. The molecule has 0 saturated carbocycles. The minimum absolute atomic E-state index is 0.0567. The highest BCUT2D eigenvalue weighted by Gasteiger charge is 2.06. The molecule has 14 heavy (non-hydrogen) atoms. The molecule has 0 aliphatic carbocycles. The van der Waals surface area contributed by atoms with Gasteiger partial charge in [-0.15, -0.1) is 0 Å². The maximum atomic E-state index is 11.6. The van der Waals surface area contributed by atoms with Gasteiger partial charge in [0.25, 0.3) is 0 Å². The second-order valence-corrected chi connectivity index (χ2v) is 2.87. The summed E-state index contributed by atoms with van der Waals surface area (Å²) in [5.74, 6) is 0.0567. The van der Waals surface area contributed by atoms with Crippen molar-refractivity contribution in [3.8, 4) is 0 Å². The maximum Gasteiger partial charge on any atom is 0.168 e. The zero-order valence-corrected chi connectivity index (χ0v) is 8.23. The van der Waals surface area contributed by atoms with Crippen LogP contribution in [0.4, 0.5) is 0 Å². The Morgan fingerprint density at radius 2 is 2.36 bits per heavy atom. The number of ketones is 1. The van der Waals surface area contributed by atoms with Crippen LogP contribution in [-0.2, 0) is 11.2 Å². The van der Waals surface area contributed by atoms with Crippen molar-refractivity contribution in [1.29, 1.82) is 0 Å². The quantitative estimate of drug-likeness (QED) is 0.535. The second-order valence-electron chi connectivity index (χ2n) is 2.87. The van der Waals surface area contributed by atoms with E-state index in [9.17, 15) is 4.79 Å². The Hall–Kier alpha value is -1.70. The molecule has 0 radical (unpaired) electrons. The first-order valence-corrected chi connectivity index (χ1v) is 4.49. The van der Waals surface area contributed by atoms with Gasteiger partial charge in [0.1, 0.15) is 0 Å². The highest BCUT2D eigenvalue weighted by atomic mass is 16.1. The molecule has 0 atom stereocenters. The number of pyridine rings is 1. The Labute approximate surface area is 84.0 Å². The average Bonchev–Trinajstić information content (AvgIpc) is 2.21. The van der Waals surface area contributed by atoms with Crippen molar-refractivity contribution >= 4 is 5.78 Å². The van der Waals surface area contributed by atoms with E-state index in [1.807, 2.05) is 25.1 Å². The Balaban J connectivity index is 2.71. The zero-order chi connectivity index (χ0) is 10.4. The van der Waals surface area contributed by atoms with Crippen LogP contribution in [0.3, 0.4) is 0 Å². The van der Waals surface area contributed by atoms with Crippen molar-refractivity contribution in [2.75, 3.05) is 0 Å². The van der Waals surface area contributed by atoms with Gasteiger partial charge in [0.05, 0.1) is 6.42 Å². The standard InChI is InChI=1S/C12H13NO/c1-3-10(4-2)12(14)9-11-7-5-6-8-13-11/h3-8H,1,9H2,2H3/b10-4+. The van der Waals surface area contributed by atoms with E-state index < -0.39 is 0 Å². The van der Waals surface area contributed by atoms with Crippen LogP contribution >= 0.6 is 0 Å². The van der Waals surface area contributed by atoms with E-state index in [4.69, 9.17) is 0 Å². The number of nitrogens with zero attached hydrogens (tertiary/aromatic N) is 1. The first-order valence-electron chi connectivity index (χ1n) is 4.49. The summed E-state index contributed by atoms with van der Waals surface area (Å²) in [6.45, 7) is 5.41. The minimum atomic E-state index is 0.0567. The van der Waals surface area contributed by atoms with Gasteiger partial charge in [-0.3, -0.25) is 9.78 Å². The molecule has 2 nitrogen and oxygen atoms in total. The summed E-state index contributed by atoms with van der Waals surface area (Å²) in [5.41, 5.74) is 1.44. The van der Waals surface area contributed by atoms with Crippen LogP contribution in [0.25, 0.3) is 0 Å². The summed E-state index contributed by atoms with van der Waals surface area (Å²) in [6, 6.07) is 5.55.